The van der Waals surface area contributed by atoms with Gasteiger partial charge in [0.15, 0.2) is 0 Å². The zero-order valence-corrected chi connectivity index (χ0v) is 18.1. The van der Waals surface area contributed by atoms with Crippen molar-refractivity contribution in [3.05, 3.63) is 52.2 Å². The molecule has 3 heterocycles. The van der Waals surface area contributed by atoms with E-state index in [-0.39, 0.29) is 16.8 Å². The van der Waals surface area contributed by atoms with Crippen molar-refractivity contribution in [1.29, 1.82) is 0 Å². The molecule has 1 amide bonds. The number of hydrogen-bond acceptors (Lipinski definition) is 5. The minimum atomic E-state index is -3.61. The van der Waals surface area contributed by atoms with Crippen LogP contribution >= 0.6 is 11.3 Å². The van der Waals surface area contributed by atoms with E-state index in [4.69, 9.17) is 0 Å². The van der Waals surface area contributed by atoms with E-state index < -0.39 is 10.0 Å². The van der Waals surface area contributed by atoms with Gasteiger partial charge in [0, 0.05) is 38.8 Å². The summed E-state index contributed by atoms with van der Waals surface area (Å²) in [4.78, 5) is 15.7. The molecule has 29 heavy (non-hydrogen) atoms. The number of likely N-dealkylation sites (tertiary alicyclic amines) is 1. The summed E-state index contributed by atoms with van der Waals surface area (Å²) in [5, 5.41) is 4.76. The van der Waals surface area contributed by atoms with Gasteiger partial charge in [-0.3, -0.25) is 9.69 Å². The molecule has 0 spiro atoms. The highest BCUT2D eigenvalue weighted by Crippen LogP contribution is 2.27. The van der Waals surface area contributed by atoms with Crippen LogP contribution in [0.3, 0.4) is 0 Å². The van der Waals surface area contributed by atoms with Gasteiger partial charge in [-0.05, 0) is 36.3 Å². The lowest BCUT2D eigenvalue weighted by Crippen LogP contribution is -2.39. The van der Waals surface area contributed by atoms with Gasteiger partial charge in [0.05, 0.1) is 0 Å². The number of piperidine rings is 1. The number of nitrogens with zero attached hydrogens (tertiary/aromatic N) is 2. The average molecular weight is 434 g/mol. The van der Waals surface area contributed by atoms with Gasteiger partial charge in [-0.2, -0.15) is 4.31 Å². The monoisotopic (exact) mass is 433 g/mol. The fourth-order valence-electron chi connectivity index (χ4n) is 4.10. The number of thiophene rings is 1. The second kappa shape index (κ2) is 8.95. The number of sulfonamides is 1. The topological polar surface area (TPSA) is 69.7 Å². The Kier molecular flexibility index (Phi) is 6.34. The van der Waals surface area contributed by atoms with Crippen molar-refractivity contribution in [3.63, 3.8) is 0 Å². The minimum Gasteiger partial charge on any atom is -0.347 e. The molecule has 4 rings (SSSR count). The van der Waals surface area contributed by atoms with Gasteiger partial charge < -0.3 is 5.32 Å². The third-order valence-electron chi connectivity index (χ3n) is 5.62. The number of amides is 1. The SMILES string of the molecule is O=C(NC1CCN(Cc2ccccc2)C1)c1sccc1S(=O)(=O)N1CCCCC1. The molecule has 6 nitrogen and oxygen atoms in total. The van der Waals surface area contributed by atoms with E-state index in [1.165, 1.54) is 21.2 Å². The minimum absolute atomic E-state index is 0.0406. The van der Waals surface area contributed by atoms with Crippen LogP contribution in [0.4, 0.5) is 0 Å². The van der Waals surface area contributed by atoms with Crippen molar-refractivity contribution in [1.82, 2.24) is 14.5 Å². The molecule has 156 valence electrons. The fourth-order valence-corrected chi connectivity index (χ4v) is 6.92. The molecule has 2 saturated heterocycles. The molecule has 0 radical (unpaired) electrons. The Bertz CT molecular complexity index is 937. The van der Waals surface area contributed by atoms with Crippen molar-refractivity contribution >= 4 is 27.3 Å². The fraction of sp³-hybridized carbons (Fsp3) is 0.476. The summed E-state index contributed by atoms with van der Waals surface area (Å²) in [7, 11) is -3.61. The van der Waals surface area contributed by atoms with Gasteiger partial charge in [0.1, 0.15) is 9.77 Å². The predicted molar refractivity (Wildman–Crippen MR) is 115 cm³/mol. The first-order valence-corrected chi connectivity index (χ1v) is 12.5. The lowest BCUT2D eigenvalue weighted by atomic mass is 10.2. The predicted octanol–water partition coefficient (Wildman–Crippen LogP) is 2.93. The maximum atomic E-state index is 13.0. The third kappa shape index (κ3) is 4.71. The molecule has 0 saturated carbocycles. The van der Waals surface area contributed by atoms with Crippen LogP contribution in [0.25, 0.3) is 0 Å². The summed E-state index contributed by atoms with van der Waals surface area (Å²) in [6, 6.07) is 11.9. The maximum Gasteiger partial charge on any atom is 0.263 e. The van der Waals surface area contributed by atoms with Gasteiger partial charge in [0.25, 0.3) is 5.91 Å². The van der Waals surface area contributed by atoms with Crippen molar-refractivity contribution in [2.24, 2.45) is 0 Å². The van der Waals surface area contributed by atoms with E-state index in [1.54, 1.807) is 11.4 Å². The van der Waals surface area contributed by atoms with E-state index in [0.717, 1.165) is 45.3 Å². The molecule has 0 aliphatic carbocycles. The number of benzene rings is 1. The molecule has 1 N–H and O–H groups in total. The van der Waals surface area contributed by atoms with Crippen LogP contribution in [0, 0.1) is 0 Å². The normalized spacial score (nSPS) is 21.3. The van der Waals surface area contributed by atoms with Gasteiger partial charge in [-0.1, -0.05) is 36.8 Å². The molecular formula is C21H27N3O3S2. The molecule has 2 aromatic rings. The smallest absolute Gasteiger partial charge is 0.263 e. The zero-order valence-electron chi connectivity index (χ0n) is 16.4. The summed E-state index contributed by atoms with van der Waals surface area (Å²) in [5.74, 6) is -0.276. The van der Waals surface area contributed by atoms with Crippen LogP contribution in [-0.2, 0) is 16.6 Å². The Hall–Kier alpha value is -1.74. The van der Waals surface area contributed by atoms with Crippen LogP contribution < -0.4 is 5.32 Å². The molecule has 8 heteroatoms. The summed E-state index contributed by atoms with van der Waals surface area (Å²) in [6.45, 7) is 3.64. The summed E-state index contributed by atoms with van der Waals surface area (Å²) >= 11 is 1.20. The Morgan fingerprint density at radius 2 is 1.83 bits per heavy atom. The standard InChI is InChI=1S/C21H27N3O3S2/c25-21(22-18-9-13-23(16-18)15-17-7-3-1-4-8-17)20-19(10-14-28-20)29(26,27)24-11-5-2-6-12-24/h1,3-4,7-8,10,14,18H,2,5-6,9,11-13,15-16H2,(H,22,25). The molecular weight excluding hydrogens is 406 g/mol. The first-order valence-electron chi connectivity index (χ1n) is 10.2. The van der Waals surface area contributed by atoms with Crippen molar-refractivity contribution in [3.8, 4) is 0 Å². The number of nitrogens with one attached hydrogen (secondary N) is 1. The summed E-state index contributed by atoms with van der Waals surface area (Å²) in [6.07, 6.45) is 3.69. The van der Waals surface area contributed by atoms with Crippen molar-refractivity contribution in [2.45, 2.75) is 43.2 Å². The van der Waals surface area contributed by atoms with Crippen LogP contribution in [0.5, 0.6) is 0 Å². The van der Waals surface area contributed by atoms with Crippen LogP contribution in [0.2, 0.25) is 0 Å². The Balaban J connectivity index is 1.39. The molecule has 2 aliphatic heterocycles. The van der Waals surface area contributed by atoms with E-state index in [1.807, 2.05) is 18.2 Å². The highest BCUT2D eigenvalue weighted by molar-refractivity contribution is 7.89. The number of hydrogen-bond donors (Lipinski definition) is 1. The van der Waals surface area contributed by atoms with Crippen molar-refractivity contribution in [2.75, 3.05) is 26.2 Å². The highest BCUT2D eigenvalue weighted by atomic mass is 32.2. The Morgan fingerprint density at radius 1 is 1.07 bits per heavy atom. The van der Waals surface area contributed by atoms with Gasteiger partial charge >= 0.3 is 0 Å². The Labute approximate surface area is 176 Å². The number of rotatable bonds is 6. The van der Waals surface area contributed by atoms with Gasteiger partial charge in [0.2, 0.25) is 10.0 Å². The maximum absolute atomic E-state index is 13.0. The third-order valence-corrected chi connectivity index (χ3v) is 8.61. The lowest BCUT2D eigenvalue weighted by molar-refractivity contribution is 0.0938. The largest absolute Gasteiger partial charge is 0.347 e. The molecule has 1 aromatic carbocycles. The van der Waals surface area contributed by atoms with Crippen LogP contribution in [-0.4, -0.2) is 55.8 Å². The highest BCUT2D eigenvalue weighted by Gasteiger charge is 2.32. The number of carbonyl (C=O) groups excluding carboxylic acids is 1. The quantitative estimate of drug-likeness (QED) is 0.761. The van der Waals surface area contributed by atoms with E-state index in [2.05, 4.69) is 22.3 Å². The number of carbonyl (C=O) groups is 1. The molecule has 1 atom stereocenters. The Morgan fingerprint density at radius 3 is 2.59 bits per heavy atom. The van der Waals surface area contributed by atoms with E-state index in [9.17, 15) is 13.2 Å². The lowest BCUT2D eigenvalue weighted by Gasteiger charge is -2.26. The zero-order chi connectivity index (χ0) is 20.3. The van der Waals surface area contributed by atoms with Gasteiger partial charge in [-0.25, -0.2) is 8.42 Å². The van der Waals surface area contributed by atoms with Crippen LogP contribution in [0.15, 0.2) is 46.7 Å². The average Bonchev–Trinajstić information content (AvgIpc) is 3.39. The summed E-state index contributed by atoms with van der Waals surface area (Å²) in [5.41, 5.74) is 1.26. The molecule has 0 bridgehead atoms. The van der Waals surface area contributed by atoms with Crippen molar-refractivity contribution < 1.29 is 13.2 Å². The first kappa shape index (κ1) is 20.5. The van der Waals surface area contributed by atoms with Gasteiger partial charge in [-0.15, -0.1) is 11.3 Å². The second-order valence-electron chi connectivity index (χ2n) is 7.76. The molecule has 2 aliphatic rings. The first-order chi connectivity index (χ1) is 14.0. The molecule has 1 unspecified atom stereocenters. The molecule has 1 aromatic heterocycles. The van der Waals surface area contributed by atoms with Crippen LogP contribution in [0.1, 0.15) is 40.9 Å². The second-order valence-corrected chi connectivity index (χ2v) is 10.6. The van der Waals surface area contributed by atoms with E-state index in [0.29, 0.717) is 18.0 Å². The molecule has 2 fully saturated rings. The summed E-state index contributed by atoms with van der Waals surface area (Å²) < 4.78 is 27.5. The van der Waals surface area contributed by atoms with E-state index >= 15 is 0 Å².